The maximum atomic E-state index is 13.1. The van der Waals surface area contributed by atoms with E-state index < -0.39 is 33.4 Å². The van der Waals surface area contributed by atoms with Gasteiger partial charge in [-0.25, -0.2) is 4.79 Å². The Hall–Kier alpha value is -0.450. The monoisotopic (exact) mass is 676 g/mol. The summed E-state index contributed by atoms with van der Waals surface area (Å²) in [5.74, 6) is -1.41. The molecule has 1 N–H and O–H groups in total. The van der Waals surface area contributed by atoms with Crippen molar-refractivity contribution in [2.24, 2.45) is 0 Å². The van der Waals surface area contributed by atoms with Gasteiger partial charge in [0.25, 0.3) is 10.1 Å². The van der Waals surface area contributed by atoms with Crippen LogP contribution >= 0.6 is 61.1 Å². The van der Waals surface area contributed by atoms with Crippen LogP contribution in [0.25, 0.3) is 0 Å². The second-order valence-corrected chi connectivity index (χ2v) is 9.37. The van der Waals surface area contributed by atoms with Gasteiger partial charge in [0.2, 0.25) is 0 Å². The zero-order valence-electron chi connectivity index (χ0n) is 12.1. The highest BCUT2D eigenvalue weighted by atomic mass is 127. The van der Waals surface area contributed by atoms with Gasteiger partial charge >= 0.3 is 12.1 Å². The van der Waals surface area contributed by atoms with Crippen LogP contribution in [0, 0.1) is 7.14 Å². The van der Waals surface area contributed by atoms with Gasteiger partial charge in [0.15, 0.2) is 0 Å². The van der Waals surface area contributed by atoms with Crippen LogP contribution in [0.3, 0.4) is 0 Å². The number of benzene rings is 2. The van der Waals surface area contributed by atoms with E-state index in [0.717, 1.165) is 24.3 Å². The van der Waals surface area contributed by atoms with E-state index in [-0.39, 0.29) is 22.3 Å². The fraction of sp³-hybridized carbons (Fsp3) is 0.0714. The van der Waals surface area contributed by atoms with Crippen molar-refractivity contribution in [3.05, 3.63) is 53.1 Å². The molecule has 0 aliphatic rings. The van der Waals surface area contributed by atoms with E-state index in [2.05, 4.69) is 15.9 Å². The second kappa shape index (κ2) is 7.89. The van der Waals surface area contributed by atoms with Gasteiger partial charge in [0.1, 0.15) is 10.6 Å². The van der Waals surface area contributed by atoms with Crippen molar-refractivity contribution in [3.63, 3.8) is 0 Å². The van der Waals surface area contributed by atoms with Crippen molar-refractivity contribution >= 4 is 77.2 Å². The van der Waals surface area contributed by atoms with Gasteiger partial charge in [0.05, 0.1) is 11.1 Å². The van der Waals surface area contributed by atoms with Gasteiger partial charge in [-0.05, 0) is 75.5 Å². The SMILES string of the molecule is O=C(Oc1cc(I)c(S(=O)(=O)O)c(I)c1)c1ccc(Br)cc1C(F)(F)F. The molecule has 0 spiro atoms. The third-order valence-electron chi connectivity index (χ3n) is 2.95. The van der Waals surface area contributed by atoms with Gasteiger partial charge in [-0.15, -0.1) is 0 Å². The maximum absolute atomic E-state index is 13.1. The lowest BCUT2D eigenvalue weighted by Crippen LogP contribution is -2.17. The minimum Gasteiger partial charge on any atom is -0.423 e. The first kappa shape index (κ1) is 21.8. The molecule has 0 aliphatic carbocycles. The third-order valence-corrected chi connectivity index (χ3v) is 6.83. The quantitative estimate of drug-likeness (QED) is 0.211. The molecule has 140 valence electrons. The molecule has 2 aromatic rings. The van der Waals surface area contributed by atoms with Crippen LogP contribution in [0.4, 0.5) is 13.2 Å². The molecule has 0 amide bonds. The fourth-order valence-corrected chi connectivity index (χ4v) is 6.29. The lowest BCUT2D eigenvalue weighted by molar-refractivity contribution is -0.138. The molecule has 0 heterocycles. The lowest BCUT2D eigenvalue weighted by atomic mass is 10.1. The average molecular weight is 677 g/mol. The van der Waals surface area contributed by atoms with Crippen molar-refractivity contribution in [1.82, 2.24) is 0 Å². The molecular weight excluding hydrogens is 671 g/mol. The Labute approximate surface area is 181 Å². The topological polar surface area (TPSA) is 80.7 Å². The normalized spacial score (nSPS) is 12.1. The predicted molar refractivity (Wildman–Crippen MR) is 106 cm³/mol. The first-order valence-corrected chi connectivity index (χ1v) is 10.7. The van der Waals surface area contributed by atoms with E-state index in [0.29, 0.717) is 0 Å². The Kier molecular flexibility index (Phi) is 6.63. The molecule has 26 heavy (non-hydrogen) atoms. The minimum absolute atomic E-state index is 0.0478. The number of rotatable bonds is 3. The molecule has 2 rings (SSSR count). The van der Waals surface area contributed by atoms with Gasteiger partial charge < -0.3 is 4.74 Å². The van der Waals surface area contributed by atoms with Gasteiger partial charge in [-0.2, -0.15) is 21.6 Å². The van der Waals surface area contributed by atoms with Gasteiger partial charge in [0, 0.05) is 11.6 Å². The summed E-state index contributed by atoms with van der Waals surface area (Å²) in [4.78, 5) is 11.8. The number of ether oxygens (including phenoxy) is 1. The largest absolute Gasteiger partial charge is 0.423 e. The summed E-state index contributed by atoms with van der Waals surface area (Å²) in [6.07, 6.45) is -4.77. The zero-order chi connectivity index (χ0) is 19.9. The predicted octanol–water partition coefficient (Wildman–Crippen LogP) is 5.14. The summed E-state index contributed by atoms with van der Waals surface area (Å²) in [6.45, 7) is 0. The molecule has 5 nitrogen and oxygen atoms in total. The van der Waals surface area contributed by atoms with Crippen molar-refractivity contribution in [2.75, 3.05) is 0 Å². The summed E-state index contributed by atoms with van der Waals surface area (Å²) in [5.41, 5.74) is -1.86. The van der Waals surface area contributed by atoms with Crippen molar-refractivity contribution in [1.29, 1.82) is 0 Å². The number of carbonyl (C=O) groups is 1. The summed E-state index contributed by atoms with van der Waals surface area (Å²) >= 11 is 6.12. The van der Waals surface area contributed by atoms with E-state index in [1.807, 2.05) is 0 Å². The Morgan fingerprint density at radius 3 is 2.12 bits per heavy atom. The number of halogens is 6. The molecule has 12 heteroatoms. The Morgan fingerprint density at radius 2 is 1.65 bits per heavy atom. The number of hydrogen-bond donors (Lipinski definition) is 1. The second-order valence-electron chi connectivity index (χ2n) is 4.77. The molecule has 2 aromatic carbocycles. The number of hydrogen-bond acceptors (Lipinski definition) is 4. The standard InChI is InChI=1S/C14H6BrF3I2O5S/c15-6-1-2-8(9(3-6)14(16,17)18)13(21)25-7-4-10(19)12(11(20)5-7)26(22,23)24/h1-5H,(H,22,23,24). The number of esters is 1. The molecule has 0 atom stereocenters. The van der Waals surface area contributed by atoms with Crippen molar-refractivity contribution < 1.29 is 35.7 Å². The maximum Gasteiger partial charge on any atom is 0.417 e. The summed E-state index contributed by atoms with van der Waals surface area (Å²) in [7, 11) is -4.50. The van der Waals surface area contributed by atoms with Gasteiger partial charge in [-0.3, -0.25) is 4.55 Å². The zero-order valence-corrected chi connectivity index (χ0v) is 18.9. The summed E-state index contributed by atoms with van der Waals surface area (Å²) in [6, 6.07) is 5.23. The number of alkyl halides is 3. The summed E-state index contributed by atoms with van der Waals surface area (Å²) < 4.78 is 76.4. The van der Waals surface area contributed by atoms with Crippen molar-refractivity contribution in [2.45, 2.75) is 11.1 Å². The number of carbonyl (C=O) groups excluding carboxylic acids is 1. The molecule has 0 saturated carbocycles. The van der Waals surface area contributed by atoms with Crippen LogP contribution in [0.1, 0.15) is 15.9 Å². The molecule has 0 saturated heterocycles. The van der Waals surface area contributed by atoms with Crippen LogP contribution in [0.2, 0.25) is 0 Å². The Bertz CT molecular complexity index is 970. The van der Waals surface area contributed by atoms with Crippen LogP contribution in [-0.2, 0) is 16.3 Å². The lowest BCUT2D eigenvalue weighted by Gasteiger charge is -2.13. The summed E-state index contributed by atoms with van der Waals surface area (Å²) in [5, 5.41) is 0. The molecular formula is C14H6BrF3I2O5S. The van der Waals surface area contributed by atoms with Crippen LogP contribution in [0.15, 0.2) is 39.7 Å². The van der Waals surface area contributed by atoms with Gasteiger partial charge in [-0.1, -0.05) is 15.9 Å². The van der Waals surface area contributed by atoms with E-state index in [1.165, 1.54) is 6.07 Å². The molecule has 0 unspecified atom stereocenters. The average Bonchev–Trinajstić information content (AvgIpc) is 2.43. The van der Waals surface area contributed by atoms with E-state index in [1.54, 1.807) is 45.2 Å². The molecule has 0 radical (unpaired) electrons. The van der Waals surface area contributed by atoms with E-state index >= 15 is 0 Å². The highest BCUT2D eigenvalue weighted by Crippen LogP contribution is 2.35. The van der Waals surface area contributed by atoms with Crippen LogP contribution < -0.4 is 4.74 Å². The van der Waals surface area contributed by atoms with E-state index in [9.17, 15) is 30.9 Å². The molecule has 0 aliphatic heterocycles. The Balaban J connectivity index is 2.44. The van der Waals surface area contributed by atoms with E-state index in [4.69, 9.17) is 4.74 Å². The highest BCUT2D eigenvalue weighted by molar-refractivity contribution is 14.1. The fourth-order valence-electron chi connectivity index (χ4n) is 1.93. The molecule has 0 aromatic heterocycles. The Morgan fingerprint density at radius 1 is 1.12 bits per heavy atom. The molecule has 0 fully saturated rings. The molecule has 0 bridgehead atoms. The third kappa shape index (κ3) is 5.08. The minimum atomic E-state index is -4.77. The smallest absolute Gasteiger partial charge is 0.417 e. The highest BCUT2D eigenvalue weighted by Gasteiger charge is 2.36. The van der Waals surface area contributed by atoms with Crippen LogP contribution in [0.5, 0.6) is 5.75 Å². The van der Waals surface area contributed by atoms with Crippen molar-refractivity contribution in [3.8, 4) is 5.75 Å². The first-order valence-electron chi connectivity index (χ1n) is 6.36. The first-order chi connectivity index (χ1) is 11.8. The van der Waals surface area contributed by atoms with Crippen LogP contribution in [-0.4, -0.2) is 18.9 Å².